The molecule has 0 amide bonds. The number of ether oxygens (including phenoxy) is 2. The third-order valence-corrected chi connectivity index (χ3v) is 1.67. The van der Waals surface area contributed by atoms with E-state index in [1.165, 1.54) is 0 Å². The van der Waals surface area contributed by atoms with Crippen molar-refractivity contribution in [2.75, 3.05) is 13.7 Å². The average Bonchev–Trinajstić information content (AvgIpc) is 2.14. The Bertz CT molecular complexity index is 260. The van der Waals surface area contributed by atoms with Crippen LogP contribution in [-0.4, -0.2) is 18.8 Å². The SMILES string of the molecule is CCOC(OC)c1cccc(O)c1. The van der Waals surface area contributed by atoms with E-state index in [1.54, 1.807) is 25.3 Å². The fourth-order valence-electron chi connectivity index (χ4n) is 1.12. The second kappa shape index (κ2) is 4.84. The monoisotopic (exact) mass is 182 g/mol. The summed E-state index contributed by atoms with van der Waals surface area (Å²) in [6.07, 6.45) is -0.392. The van der Waals surface area contributed by atoms with Crippen LogP contribution in [0.5, 0.6) is 5.75 Å². The van der Waals surface area contributed by atoms with Gasteiger partial charge in [-0.05, 0) is 19.1 Å². The van der Waals surface area contributed by atoms with Gasteiger partial charge < -0.3 is 14.6 Å². The summed E-state index contributed by atoms with van der Waals surface area (Å²) >= 11 is 0. The molecule has 0 aliphatic rings. The summed E-state index contributed by atoms with van der Waals surface area (Å²) in [6.45, 7) is 2.48. The van der Waals surface area contributed by atoms with Gasteiger partial charge in [-0.25, -0.2) is 0 Å². The van der Waals surface area contributed by atoms with Gasteiger partial charge in [0.15, 0.2) is 6.29 Å². The summed E-state index contributed by atoms with van der Waals surface area (Å²) in [5.41, 5.74) is 0.823. The third-order valence-electron chi connectivity index (χ3n) is 1.67. The first-order valence-corrected chi connectivity index (χ1v) is 4.21. The van der Waals surface area contributed by atoms with E-state index in [0.717, 1.165) is 5.56 Å². The van der Waals surface area contributed by atoms with Gasteiger partial charge in [-0.15, -0.1) is 0 Å². The second-order valence-corrected chi connectivity index (χ2v) is 2.62. The zero-order valence-electron chi connectivity index (χ0n) is 7.86. The van der Waals surface area contributed by atoms with Crippen LogP contribution in [0.25, 0.3) is 0 Å². The molecular formula is C10H14O3. The van der Waals surface area contributed by atoms with Gasteiger partial charge in [0.25, 0.3) is 0 Å². The van der Waals surface area contributed by atoms with E-state index >= 15 is 0 Å². The Morgan fingerprint density at radius 3 is 2.77 bits per heavy atom. The van der Waals surface area contributed by atoms with E-state index in [9.17, 15) is 5.11 Å². The van der Waals surface area contributed by atoms with Gasteiger partial charge >= 0.3 is 0 Å². The highest BCUT2D eigenvalue weighted by atomic mass is 16.7. The van der Waals surface area contributed by atoms with Crippen molar-refractivity contribution in [2.45, 2.75) is 13.2 Å². The van der Waals surface area contributed by atoms with Gasteiger partial charge in [-0.1, -0.05) is 12.1 Å². The highest BCUT2D eigenvalue weighted by Crippen LogP contribution is 2.21. The molecule has 0 spiro atoms. The Morgan fingerprint density at radius 2 is 2.23 bits per heavy atom. The smallest absolute Gasteiger partial charge is 0.183 e. The van der Waals surface area contributed by atoms with Crippen LogP contribution in [0.15, 0.2) is 24.3 Å². The van der Waals surface area contributed by atoms with E-state index in [-0.39, 0.29) is 5.75 Å². The largest absolute Gasteiger partial charge is 0.508 e. The minimum atomic E-state index is -0.392. The van der Waals surface area contributed by atoms with Crippen LogP contribution in [0.2, 0.25) is 0 Å². The van der Waals surface area contributed by atoms with Crippen LogP contribution in [0.1, 0.15) is 18.8 Å². The number of hydrogen-bond acceptors (Lipinski definition) is 3. The summed E-state index contributed by atoms with van der Waals surface area (Å²) in [6, 6.07) is 6.85. The molecule has 13 heavy (non-hydrogen) atoms. The molecule has 1 aromatic carbocycles. The molecule has 0 aliphatic heterocycles. The molecule has 0 bridgehead atoms. The number of aromatic hydroxyl groups is 1. The van der Waals surface area contributed by atoms with Crippen molar-refractivity contribution >= 4 is 0 Å². The van der Waals surface area contributed by atoms with Crippen molar-refractivity contribution in [1.82, 2.24) is 0 Å². The fraction of sp³-hybridized carbons (Fsp3) is 0.400. The number of methoxy groups -OCH3 is 1. The lowest BCUT2D eigenvalue weighted by Gasteiger charge is -2.15. The molecule has 1 atom stereocenters. The Kier molecular flexibility index (Phi) is 3.73. The Morgan fingerprint density at radius 1 is 1.46 bits per heavy atom. The molecule has 3 heteroatoms. The summed E-state index contributed by atoms with van der Waals surface area (Å²) in [4.78, 5) is 0. The minimum absolute atomic E-state index is 0.222. The van der Waals surface area contributed by atoms with Crippen molar-refractivity contribution < 1.29 is 14.6 Å². The van der Waals surface area contributed by atoms with Gasteiger partial charge in [0.05, 0.1) is 0 Å². The van der Waals surface area contributed by atoms with E-state index in [2.05, 4.69) is 0 Å². The van der Waals surface area contributed by atoms with Crippen molar-refractivity contribution in [1.29, 1.82) is 0 Å². The van der Waals surface area contributed by atoms with E-state index in [0.29, 0.717) is 6.61 Å². The third kappa shape index (κ3) is 2.72. The predicted molar refractivity (Wildman–Crippen MR) is 49.5 cm³/mol. The first-order chi connectivity index (χ1) is 6.27. The van der Waals surface area contributed by atoms with Crippen molar-refractivity contribution in [3.8, 4) is 5.75 Å². The molecule has 0 saturated carbocycles. The van der Waals surface area contributed by atoms with Gasteiger partial charge in [0.2, 0.25) is 0 Å². The minimum Gasteiger partial charge on any atom is -0.508 e. The maximum absolute atomic E-state index is 9.21. The van der Waals surface area contributed by atoms with Gasteiger partial charge in [-0.3, -0.25) is 0 Å². The normalized spacial score (nSPS) is 12.8. The first-order valence-electron chi connectivity index (χ1n) is 4.21. The van der Waals surface area contributed by atoms with E-state index in [1.807, 2.05) is 13.0 Å². The van der Waals surface area contributed by atoms with Gasteiger partial charge in [0, 0.05) is 19.3 Å². The number of phenols is 1. The molecule has 1 rings (SSSR count). The van der Waals surface area contributed by atoms with Crippen LogP contribution in [-0.2, 0) is 9.47 Å². The van der Waals surface area contributed by atoms with Crippen LogP contribution in [0.3, 0.4) is 0 Å². The highest BCUT2D eigenvalue weighted by Gasteiger charge is 2.09. The lowest BCUT2D eigenvalue weighted by molar-refractivity contribution is -0.124. The topological polar surface area (TPSA) is 38.7 Å². The lowest BCUT2D eigenvalue weighted by atomic mass is 10.2. The number of benzene rings is 1. The van der Waals surface area contributed by atoms with Crippen LogP contribution in [0, 0.1) is 0 Å². The van der Waals surface area contributed by atoms with E-state index < -0.39 is 6.29 Å². The Labute approximate surface area is 77.9 Å². The molecular weight excluding hydrogens is 168 g/mol. The lowest BCUT2D eigenvalue weighted by Crippen LogP contribution is -2.05. The predicted octanol–water partition coefficient (Wildman–Crippen LogP) is 2.07. The summed E-state index contributed by atoms with van der Waals surface area (Å²) in [7, 11) is 1.57. The number of phenolic OH excluding ortho intramolecular Hbond substituents is 1. The molecule has 0 fully saturated rings. The molecule has 0 radical (unpaired) electrons. The van der Waals surface area contributed by atoms with Crippen LogP contribution >= 0.6 is 0 Å². The Balaban J connectivity index is 2.78. The molecule has 1 N–H and O–H groups in total. The van der Waals surface area contributed by atoms with Crippen molar-refractivity contribution in [2.24, 2.45) is 0 Å². The highest BCUT2D eigenvalue weighted by molar-refractivity contribution is 5.27. The van der Waals surface area contributed by atoms with Crippen molar-refractivity contribution in [3.05, 3.63) is 29.8 Å². The molecule has 1 aromatic rings. The standard InChI is InChI=1S/C10H14O3/c1-3-13-10(12-2)8-5-4-6-9(11)7-8/h4-7,10-11H,3H2,1-2H3. The maximum atomic E-state index is 9.21. The molecule has 0 heterocycles. The maximum Gasteiger partial charge on any atom is 0.183 e. The molecule has 0 saturated heterocycles. The summed E-state index contributed by atoms with van der Waals surface area (Å²) < 4.78 is 10.4. The van der Waals surface area contributed by atoms with Crippen molar-refractivity contribution in [3.63, 3.8) is 0 Å². The quantitative estimate of drug-likeness (QED) is 0.724. The molecule has 1 unspecified atom stereocenters. The summed E-state index contributed by atoms with van der Waals surface area (Å²) in [5, 5.41) is 9.21. The second-order valence-electron chi connectivity index (χ2n) is 2.62. The molecule has 72 valence electrons. The molecule has 0 aromatic heterocycles. The van der Waals surface area contributed by atoms with Crippen LogP contribution < -0.4 is 0 Å². The Hall–Kier alpha value is -1.06. The van der Waals surface area contributed by atoms with Crippen LogP contribution in [0.4, 0.5) is 0 Å². The first kappa shape index (κ1) is 10.0. The van der Waals surface area contributed by atoms with E-state index in [4.69, 9.17) is 9.47 Å². The van der Waals surface area contributed by atoms with Gasteiger partial charge in [-0.2, -0.15) is 0 Å². The fourth-order valence-corrected chi connectivity index (χ4v) is 1.12. The van der Waals surface area contributed by atoms with Gasteiger partial charge in [0.1, 0.15) is 5.75 Å². The summed E-state index contributed by atoms with van der Waals surface area (Å²) in [5.74, 6) is 0.222. The molecule has 3 nitrogen and oxygen atoms in total. The zero-order valence-corrected chi connectivity index (χ0v) is 7.86. The molecule has 0 aliphatic carbocycles. The average molecular weight is 182 g/mol. The number of rotatable bonds is 4. The zero-order chi connectivity index (χ0) is 9.68. The number of hydrogen-bond donors (Lipinski definition) is 1.